The van der Waals surface area contributed by atoms with Crippen LogP contribution in [0.5, 0.6) is 6.01 Å². The lowest BCUT2D eigenvalue weighted by Gasteiger charge is -2.41. The summed E-state index contributed by atoms with van der Waals surface area (Å²) in [5.74, 6) is 1.08. The number of terminal acetylenes is 1. The largest absolute Gasteiger partial charge is 0.461 e. The molecule has 3 fully saturated rings. The summed E-state index contributed by atoms with van der Waals surface area (Å²) < 4.78 is 59.8. The Bertz CT molecular complexity index is 2100. The zero-order chi connectivity index (χ0) is 36.1. The lowest BCUT2D eigenvalue weighted by molar-refractivity contribution is 0.0145. The third-order valence-corrected chi connectivity index (χ3v) is 10.1. The minimum absolute atomic E-state index is 0.00364. The molecule has 3 saturated heterocycles. The highest BCUT2D eigenvalue weighted by Crippen LogP contribution is 2.42. The van der Waals surface area contributed by atoms with Gasteiger partial charge in [0.2, 0.25) is 0 Å². The van der Waals surface area contributed by atoms with Crippen LogP contribution in [0.25, 0.3) is 32.8 Å². The van der Waals surface area contributed by atoms with Gasteiger partial charge in [-0.15, -0.1) is 6.42 Å². The van der Waals surface area contributed by atoms with Gasteiger partial charge in [-0.2, -0.15) is 15.2 Å². The first-order chi connectivity index (χ1) is 24.4. The molecule has 0 saturated carbocycles. The molecular formula is C39H39F3N6O3. The van der Waals surface area contributed by atoms with E-state index in [2.05, 4.69) is 21.9 Å². The Kier molecular flexibility index (Phi) is 8.92. The molecule has 7 rings (SSSR count). The molecule has 1 amide bonds. The molecule has 3 atom stereocenters. The van der Waals surface area contributed by atoms with Gasteiger partial charge in [0.25, 0.3) is 0 Å². The van der Waals surface area contributed by atoms with Crippen LogP contribution >= 0.6 is 0 Å². The van der Waals surface area contributed by atoms with E-state index < -0.39 is 41.1 Å². The summed E-state index contributed by atoms with van der Waals surface area (Å²) in [5, 5.41) is 11.0. The smallest absolute Gasteiger partial charge is 0.410 e. The molecule has 264 valence electrons. The lowest BCUT2D eigenvalue weighted by Crippen LogP contribution is -2.56. The molecule has 4 aromatic rings. The highest BCUT2D eigenvalue weighted by molar-refractivity contribution is 6.03. The monoisotopic (exact) mass is 696 g/mol. The van der Waals surface area contributed by atoms with Crippen molar-refractivity contribution in [3.63, 3.8) is 0 Å². The summed E-state index contributed by atoms with van der Waals surface area (Å²) in [6, 6.07) is 13.1. The van der Waals surface area contributed by atoms with E-state index in [0.29, 0.717) is 23.9 Å². The van der Waals surface area contributed by atoms with E-state index in [1.165, 1.54) is 11.0 Å². The van der Waals surface area contributed by atoms with Gasteiger partial charge in [0.15, 0.2) is 5.82 Å². The molecule has 0 aliphatic carbocycles. The summed E-state index contributed by atoms with van der Waals surface area (Å²) >= 11 is 0. The quantitative estimate of drug-likeness (QED) is 0.199. The maximum Gasteiger partial charge on any atom is 0.410 e. The number of ether oxygens (including phenoxy) is 2. The van der Waals surface area contributed by atoms with Gasteiger partial charge in [0, 0.05) is 48.9 Å². The number of alkyl halides is 1. The van der Waals surface area contributed by atoms with Gasteiger partial charge in [0.05, 0.1) is 29.6 Å². The number of piperazine rings is 1. The molecule has 12 heteroatoms. The van der Waals surface area contributed by atoms with Crippen LogP contribution in [0.2, 0.25) is 0 Å². The second-order valence-electron chi connectivity index (χ2n) is 14.6. The van der Waals surface area contributed by atoms with Crippen molar-refractivity contribution >= 4 is 33.6 Å². The maximum absolute atomic E-state index is 17.0. The molecular weight excluding hydrogens is 657 g/mol. The van der Waals surface area contributed by atoms with Crippen molar-refractivity contribution in [3.05, 3.63) is 59.7 Å². The van der Waals surface area contributed by atoms with Crippen LogP contribution in [0.3, 0.4) is 0 Å². The Hall–Kier alpha value is -5.07. The van der Waals surface area contributed by atoms with Gasteiger partial charge >= 0.3 is 12.1 Å². The summed E-state index contributed by atoms with van der Waals surface area (Å²) in [4.78, 5) is 27.7. The second-order valence-corrected chi connectivity index (χ2v) is 14.6. The van der Waals surface area contributed by atoms with E-state index in [9.17, 15) is 14.4 Å². The molecule has 3 aliphatic heterocycles. The Labute approximate surface area is 294 Å². The Balaban J connectivity index is 1.34. The number of nitrogens with zero attached hydrogens (tertiary/aromatic N) is 6. The van der Waals surface area contributed by atoms with Crippen molar-refractivity contribution < 1.29 is 27.4 Å². The van der Waals surface area contributed by atoms with Gasteiger partial charge in [-0.05, 0) is 63.2 Å². The average Bonchev–Trinajstić information content (AvgIpc) is 3.62. The minimum atomic E-state index is -0.975. The lowest BCUT2D eigenvalue weighted by atomic mass is 9.93. The summed E-state index contributed by atoms with van der Waals surface area (Å²) in [6.45, 7) is 7.03. The molecule has 0 bridgehead atoms. The highest BCUT2D eigenvalue weighted by Gasteiger charge is 2.49. The van der Waals surface area contributed by atoms with Gasteiger partial charge < -0.3 is 19.3 Å². The molecule has 3 aliphatic rings. The number of carbonyl (C=O) groups is 1. The van der Waals surface area contributed by atoms with E-state index in [1.807, 2.05) is 12.1 Å². The van der Waals surface area contributed by atoms with Crippen LogP contribution in [0, 0.1) is 35.3 Å². The van der Waals surface area contributed by atoms with Crippen molar-refractivity contribution in [3.8, 4) is 35.6 Å². The standard InChI is InChI=1S/C39H39F3N6O3/c1-5-24-9-6-10-25-11-7-12-28(31(24)25)32-30(41)19-29-34(33(32)42)44-36(50-23-39-14-8-16-47(39)21-26(40)20-39)45-35(29)46-17-18-48(27(22-46)13-15-43)37(49)51-38(2,3)4/h1,6-7,9-12,19,26-27H,8,13-14,16-18,20-23H2,2-4H3/t26-,27+,39+/m1/s1. The van der Waals surface area contributed by atoms with Crippen LogP contribution < -0.4 is 9.64 Å². The maximum atomic E-state index is 17.0. The van der Waals surface area contributed by atoms with E-state index in [4.69, 9.17) is 20.9 Å². The number of amides is 1. The van der Waals surface area contributed by atoms with E-state index in [-0.39, 0.29) is 66.5 Å². The number of hydrogen-bond acceptors (Lipinski definition) is 8. The predicted octanol–water partition coefficient (Wildman–Crippen LogP) is 7.00. The van der Waals surface area contributed by atoms with Crippen LogP contribution in [0.4, 0.5) is 23.8 Å². The van der Waals surface area contributed by atoms with Crippen LogP contribution in [0.1, 0.15) is 52.0 Å². The third kappa shape index (κ3) is 6.38. The minimum Gasteiger partial charge on any atom is -0.461 e. The fourth-order valence-electron chi connectivity index (χ4n) is 7.92. The van der Waals surface area contributed by atoms with Gasteiger partial charge in [-0.25, -0.2) is 18.0 Å². The fourth-order valence-corrected chi connectivity index (χ4v) is 7.92. The number of anilines is 1. The number of nitriles is 1. The van der Waals surface area contributed by atoms with Crippen LogP contribution in [0.15, 0.2) is 42.5 Å². The first-order valence-electron chi connectivity index (χ1n) is 17.2. The summed E-state index contributed by atoms with van der Waals surface area (Å²) in [7, 11) is 0. The number of hydrogen-bond donors (Lipinski definition) is 0. The van der Waals surface area contributed by atoms with Gasteiger partial charge in [-0.1, -0.05) is 36.3 Å². The first-order valence-corrected chi connectivity index (χ1v) is 17.2. The molecule has 0 radical (unpaired) electrons. The topological polar surface area (TPSA) is 94.8 Å². The van der Waals surface area contributed by atoms with Crippen LogP contribution in [-0.4, -0.2) is 88.5 Å². The van der Waals surface area contributed by atoms with Crippen molar-refractivity contribution in [1.82, 2.24) is 19.8 Å². The number of fused-ring (bicyclic) bond motifs is 3. The van der Waals surface area contributed by atoms with E-state index in [1.54, 1.807) is 49.9 Å². The number of aromatic nitrogens is 2. The predicted molar refractivity (Wildman–Crippen MR) is 188 cm³/mol. The van der Waals surface area contributed by atoms with Gasteiger partial charge in [-0.3, -0.25) is 4.90 Å². The Morgan fingerprint density at radius 3 is 2.65 bits per heavy atom. The average molecular weight is 697 g/mol. The summed E-state index contributed by atoms with van der Waals surface area (Å²) in [5.41, 5.74) is -0.946. The SMILES string of the molecule is C#Cc1cccc2cccc(-c3c(F)cc4c(N5CCN(C(=O)OC(C)(C)C)[C@@H](CC#N)C5)nc(OC[C@@]56CCCN5C[C@H](F)C6)nc4c3F)c12. The second kappa shape index (κ2) is 13.2. The molecule has 0 N–H and O–H groups in total. The van der Waals surface area contributed by atoms with Crippen molar-refractivity contribution in [2.45, 2.75) is 69.8 Å². The molecule has 0 spiro atoms. The van der Waals surface area contributed by atoms with E-state index >= 15 is 8.78 Å². The highest BCUT2D eigenvalue weighted by atomic mass is 19.1. The number of rotatable bonds is 6. The van der Waals surface area contributed by atoms with Crippen molar-refractivity contribution in [2.24, 2.45) is 0 Å². The normalized spacial score (nSPS) is 22.2. The van der Waals surface area contributed by atoms with Crippen molar-refractivity contribution in [1.29, 1.82) is 5.26 Å². The third-order valence-electron chi connectivity index (χ3n) is 10.1. The molecule has 1 aromatic heterocycles. The molecule has 9 nitrogen and oxygen atoms in total. The zero-order valence-electron chi connectivity index (χ0n) is 28.9. The van der Waals surface area contributed by atoms with E-state index in [0.717, 1.165) is 24.8 Å². The van der Waals surface area contributed by atoms with Crippen LogP contribution in [-0.2, 0) is 4.74 Å². The van der Waals surface area contributed by atoms with Gasteiger partial charge in [0.1, 0.15) is 35.5 Å². The molecule has 4 heterocycles. The Morgan fingerprint density at radius 1 is 1.12 bits per heavy atom. The zero-order valence-corrected chi connectivity index (χ0v) is 28.9. The molecule has 0 unspecified atom stereocenters. The summed E-state index contributed by atoms with van der Waals surface area (Å²) in [6.07, 6.45) is 6.26. The fraction of sp³-hybridized carbons (Fsp3) is 0.436. The molecule has 3 aromatic carbocycles. The number of carbonyl (C=O) groups excluding carboxylic acids is 1. The number of halogens is 3. The first kappa shape index (κ1) is 34.4. The Morgan fingerprint density at radius 2 is 1.90 bits per heavy atom. The van der Waals surface area contributed by atoms with Crippen molar-refractivity contribution in [2.75, 3.05) is 44.2 Å². The molecule has 51 heavy (non-hydrogen) atoms. The number of benzene rings is 3.